The van der Waals surface area contributed by atoms with E-state index in [0.29, 0.717) is 64.1 Å². The van der Waals surface area contributed by atoms with Gasteiger partial charge in [-0.1, -0.05) is 285 Å². The van der Waals surface area contributed by atoms with Gasteiger partial charge in [-0.15, -0.1) is 0 Å². The number of aromatic nitrogens is 1. The van der Waals surface area contributed by atoms with Crippen LogP contribution in [0.3, 0.4) is 0 Å². The average Bonchev–Trinajstić information content (AvgIpc) is 3.73. The van der Waals surface area contributed by atoms with E-state index in [1.54, 1.807) is 0 Å². The number of aryl methyl sites for hydroxylation is 1. The molecule has 1 aromatic heterocycles. The van der Waals surface area contributed by atoms with Crippen molar-refractivity contribution < 1.29 is 28.4 Å². The predicted octanol–water partition coefficient (Wildman–Crippen LogP) is 19.4. The van der Waals surface area contributed by atoms with E-state index in [1.807, 2.05) is 194 Å². The molecule has 8 aromatic carbocycles. The summed E-state index contributed by atoms with van der Waals surface area (Å²) in [4.78, 5) is 16.0. The lowest BCUT2D eigenvalue weighted by atomic mass is 10.0. The summed E-state index contributed by atoms with van der Waals surface area (Å²) in [6.45, 7) is 4.37. The molecule has 0 radical (unpaired) electrons. The number of nitrogens with zero attached hydrogens (tertiary/aromatic N) is 1. The number of hydrogen-bond donors (Lipinski definition) is 0. The molecule has 83 heavy (non-hydrogen) atoms. The summed E-state index contributed by atoms with van der Waals surface area (Å²) in [7, 11) is 0. The Hall–Kier alpha value is -8.23. The summed E-state index contributed by atoms with van der Waals surface area (Å²) < 4.78 is 43.3. The summed E-state index contributed by atoms with van der Waals surface area (Å²) in [6.07, 6.45) is 20.2. The van der Waals surface area contributed by atoms with Crippen molar-refractivity contribution in [1.29, 1.82) is 0 Å². The Kier molecular flexibility index (Phi) is 23.6. The number of unbranched alkanes of at least 4 members (excludes halogenated alkanes) is 15. The van der Waals surface area contributed by atoms with Crippen LogP contribution in [0.25, 0.3) is 22.2 Å². The van der Waals surface area contributed by atoms with Crippen LogP contribution in [0.1, 0.15) is 143 Å². The third-order valence-electron chi connectivity index (χ3n) is 15.2. The molecular weight excluding hydrogens is 1030 g/mol. The van der Waals surface area contributed by atoms with Gasteiger partial charge in [0, 0.05) is 24.2 Å². The first-order chi connectivity index (χ1) is 41.1. The largest absolute Gasteiger partial charge is 0.489 e. The lowest BCUT2D eigenvalue weighted by Crippen LogP contribution is -2.19. The van der Waals surface area contributed by atoms with Crippen molar-refractivity contribution >= 4 is 10.9 Å². The molecule has 9 aromatic rings. The van der Waals surface area contributed by atoms with Gasteiger partial charge in [0.2, 0.25) is 11.2 Å². The zero-order valence-corrected chi connectivity index (χ0v) is 48.7. The standard InChI is InChI=1S/C75H83NO7/c1-2-3-4-5-6-7-8-9-10-11-12-13-14-15-16-35-48-76-67-51-66(78-53-59-36-23-17-24-37-59)52-68(79-54-60-38-25-18-26-39-60)71(67)73(77)75(83-58-64-46-33-22-34-47-64)72(76)65-49-69(80-55-61-40-27-19-28-41-61)74(82-57-63-44-31-21-32-45-63)70(50-65)81-56-62-42-29-20-30-43-62/h17-34,36-47,49-52H,2-16,35,48,53-58H2,1H3. The highest BCUT2D eigenvalue weighted by atomic mass is 16.5. The number of pyridine rings is 1. The third kappa shape index (κ3) is 18.4. The van der Waals surface area contributed by atoms with E-state index < -0.39 is 0 Å². The quantitative estimate of drug-likeness (QED) is 0.0362. The van der Waals surface area contributed by atoms with Crippen molar-refractivity contribution in [3.05, 3.63) is 250 Å². The van der Waals surface area contributed by atoms with Crippen LogP contribution in [-0.2, 0) is 46.2 Å². The van der Waals surface area contributed by atoms with Crippen molar-refractivity contribution in [1.82, 2.24) is 4.57 Å². The van der Waals surface area contributed by atoms with Crippen LogP contribution in [0, 0.1) is 0 Å². The molecule has 8 heteroatoms. The first-order valence-electron chi connectivity index (χ1n) is 30.5. The molecule has 1 heterocycles. The molecule has 0 spiro atoms. The third-order valence-corrected chi connectivity index (χ3v) is 15.2. The summed E-state index contributed by atoms with van der Waals surface area (Å²) in [5.74, 6) is 2.58. The molecule has 0 aliphatic rings. The van der Waals surface area contributed by atoms with Gasteiger partial charge < -0.3 is 33.0 Å². The minimum Gasteiger partial charge on any atom is -0.489 e. The van der Waals surface area contributed by atoms with E-state index in [9.17, 15) is 0 Å². The Balaban J connectivity index is 1.15. The second-order valence-electron chi connectivity index (χ2n) is 21.7. The average molecular weight is 1110 g/mol. The molecule has 0 saturated carbocycles. The van der Waals surface area contributed by atoms with E-state index in [0.717, 1.165) is 52.6 Å². The normalized spacial score (nSPS) is 11.1. The van der Waals surface area contributed by atoms with Crippen molar-refractivity contribution in [2.45, 2.75) is 156 Å². The predicted molar refractivity (Wildman–Crippen MR) is 338 cm³/mol. The van der Waals surface area contributed by atoms with Crippen molar-refractivity contribution in [3.8, 4) is 45.8 Å². The van der Waals surface area contributed by atoms with Gasteiger partial charge in [-0.3, -0.25) is 4.79 Å². The van der Waals surface area contributed by atoms with Crippen molar-refractivity contribution in [3.63, 3.8) is 0 Å². The lowest BCUT2D eigenvalue weighted by molar-refractivity contribution is 0.230. The van der Waals surface area contributed by atoms with Crippen LogP contribution in [0.5, 0.6) is 34.5 Å². The van der Waals surface area contributed by atoms with E-state index in [2.05, 4.69) is 23.6 Å². The van der Waals surface area contributed by atoms with Gasteiger partial charge in [-0.2, -0.15) is 0 Å². The van der Waals surface area contributed by atoms with Gasteiger partial charge in [-0.05, 0) is 51.9 Å². The maximum Gasteiger partial charge on any atom is 0.235 e. The van der Waals surface area contributed by atoms with Gasteiger partial charge in [0.25, 0.3) is 0 Å². The Labute approximate surface area is 493 Å². The van der Waals surface area contributed by atoms with Gasteiger partial charge in [0.15, 0.2) is 17.2 Å². The molecule has 9 rings (SSSR count). The molecule has 0 aliphatic carbocycles. The first-order valence-corrected chi connectivity index (χ1v) is 30.5. The molecule has 8 nitrogen and oxygen atoms in total. The van der Waals surface area contributed by atoms with Crippen molar-refractivity contribution in [2.24, 2.45) is 0 Å². The zero-order chi connectivity index (χ0) is 56.9. The van der Waals surface area contributed by atoms with Crippen molar-refractivity contribution in [2.75, 3.05) is 0 Å². The van der Waals surface area contributed by atoms with E-state index >= 15 is 4.79 Å². The van der Waals surface area contributed by atoms with Gasteiger partial charge in [0.1, 0.15) is 51.1 Å². The van der Waals surface area contributed by atoms with Gasteiger partial charge in [0.05, 0.1) is 16.6 Å². The van der Waals surface area contributed by atoms with Gasteiger partial charge in [-0.25, -0.2) is 0 Å². The minimum absolute atomic E-state index is 0.152. The number of benzene rings is 8. The molecule has 0 atom stereocenters. The fraction of sp³-hybridized carbons (Fsp3) is 0.320. The molecule has 0 fully saturated rings. The minimum atomic E-state index is -0.297. The Morgan fingerprint density at radius 3 is 1.04 bits per heavy atom. The molecule has 430 valence electrons. The fourth-order valence-electron chi connectivity index (χ4n) is 10.6. The number of ether oxygens (including phenoxy) is 6. The summed E-state index contributed by atoms with van der Waals surface area (Å²) in [6, 6.07) is 68.3. The maximum atomic E-state index is 16.0. The van der Waals surface area contributed by atoms with E-state index in [4.69, 9.17) is 28.4 Å². The Bertz CT molecular complexity index is 3290. The van der Waals surface area contributed by atoms with Crippen LogP contribution >= 0.6 is 0 Å². The SMILES string of the molecule is CCCCCCCCCCCCCCCCCCn1c(-c2cc(OCc3ccccc3)c(OCc3ccccc3)c(OCc3ccccc3)c2)c(OCc2ccccc2)c(=O)c2c(OCc3ccccc3)cc(OCc3ccccc3)cc21. The Morgan fingerprint density at radius 1 is 0.325 bits per heavy atom. The molecule has 0 N–H and O–H groups in total. The Morgan fingerprint density at radius 2 is 0.651 bits per heavy atom. The fourth-order valence-corrected chi connectivity index (χ4v) is 10.6. The summed E-state index contributed by atoms with van der Waals surface area (Å²) in [5, 5.41) is 0.417. The number of hydrogen-bond acceptors (Lipinski definition) is 7. The molecule has 0 aliphatic heterocycles. The van der Waals surface area contributed by atoms with Crippen LogP contribution in [0.2, 0.25) is 0 Å². The van der Waals surface area contributed by atoms with E-state index in [-0.39, 0.29) is 44.2 Å². The molecule has 0 bridgehead atoms. The monoisotopic (exact) mass is 1110 g/mol. The van der Waals surface area contributed by atoms with Crippen LogP contribution in [-0.4, -0.2) is 4.57 Å². The highest BCUT2D eigenvalue weighted by molar-refractivity contribution is 5.92. The zero-order valence-electron chi connectivity index (χ0n) is 48.7. The topological polar surface area (TPSA) is 77.4 Å². The van der Waals surface area contributed by atoms with Crippen LogP contribution < -0.4 is 33.8 Å². The van der Waals surface area contributed by atoms with Crippen LogP contribution in [0.15, 0.2) is 211 Å². The molecule has 0 amide bonds. The molecular formula is C75H83NO7. The first kappa shape index (κ1) is 59.4. The lowest BCUT2D eigenvalue weighted by Gasteiger charge is -2.25. The summed E-state index contributed by atoms with van der Waals surface area (Å²) >= 11 is 0. The molecule has 0 saturated heterocycles. The highest BCUT2D eigenvalue weighted by Crippen LogP contribution is 2.46. The number of rotatable bonds is 36. The van der Waals surface area contributed by atoms with E-state index in [1.165, 1.54) is 83.5 Å². The summed E-state index contributed by atoms with van der Waals surface area (Å²) in [5.41, 5.74) is 7.54. The second kappa shape index (κ2) is 33.0. The second-order valence-corrected chi connectivity index (χ2v) is 21.7. The van der Waals surface area contributed by atoms with Crippen LogP contribution in [0.4, 0.5) is 0 Å². The number of fused-ring (bicyclic) bond motifs is 1. The highest BCUT2D eigenvalue weighted by Gasteiger charge is 2.27. The maximum absolute atomic E-state index is 16.0. The smallest absolute Gasteiger partial charge is 0.235 e. The molecule has 0 unspecified atom stereocenters. The van der Waals surface area contributed by atoms with Gasteiger partial charge >= 0.3 is 0 Å².